The van der Waals surface area contributed by atoms with Gasteiger partial charge in [-0.3, -0.25) is 9.59 Å². The molecule has 0 aromatic carbocycles. The summed E-state index contributed by atoms with van der Waals surface area (Å²) >= 11 is 0. The van der Waals surface area contributed by atoms with Gasteiger partial charge in [0.2, 0.25) is 5.91 Å². The van der Waals surface area contributed by atoms with Crippen LogP contribution < -0.4 is 11.1 Å². The van der Waals surface area contributed by atoms with E-state index in [1.165, 1.54) is 21.6 Å². The molecule has 0 aliphatic rings. The highest BCUT2D eigenvalue weighted by atomic mass is 33.1. The zero-order valence-corrected chi connectivity index (χ0v) is 9.53. The van der Waals surface area contributed by atoms with E-state index in [1.807, 2.05) is 0 Å². The second-order valence-electron chi connectivity index (χ2n) is 2.29. The third-order valence-electron chi connectivity index (χ3n) is 1.27. The van der Waals surface area contributed by atoms with Gasteiger partial charge in [-0.2, -0.15) is 0 Å². The van der Waals surface area contributed by atoms with Gasteiger partial charge in [-0.05, 0) is 0 Å². The minimum Gasteiger partial charge on any atom is -0.467 e. The van der Waals surface area contributed by atoms with Gasteiger partial charge in [-0.15, -0.1) is 0 Å². The van der Waals surface area contributed by atoms with Gasteiger partial charge >= 0.3 is 0 Å². The van der Waals surface area contributed by atoms with Gasteiger partial charge in [0.05, 0.1) is 6.04 Å². The number of nitrogens with two attached hydrogens (primary N) is 1. The first-order valence-corrected chi connectivity index (χ1v) is 6.48. The van der Waals surface area contributed by atoms with Crippen LogP contribution in [-0.2, 0) is 14.3 Å². The Kier molecular flexibility index (Phi) is 8.90. The Hall–Kier alpha value is -0.400. The number of nitrogens with one attached hydrogen (secondary N) is 1. The van der Waals surface area contributed by atoms with E-state index in [9.17, 15) is 9.59 Å². The number of hydrogen-bond donors (Lipinski definition) is 2. The monoisotopic (exact) mass is 238 g/mol. The van der Waals surface area contributed by atoms with Crippen LogP contribution >= 0.6 is 21.6 Å². The molecule has 5 nitrogen and oxygen atoms in total. The SMILES string of the molecule is CNC(=O)C(N)CSSCCOC=O. The molecule has 0 saturated heterocycles. The smallest absolute Gasteiger partial charge is 0.293 e. The lowest BCUT2D eigenvalue weighted by Crippen LogP contribution is -2.40. The van der Waals surface area contributed by atoms with E-state index in [4.69, 9.17) is 5.73 Å². The molecule has 0 saturated carbocycles. The van der Waals surface area contributed by atoms with Gasteiger partial charge in [0, 0.05) is 18.6 Å². The predicted octanol–water partition coefficient (Wildman–Crippen LogP) is -0.386. The molecule has 0 fully saturated rings. The van der Waals surface area contributed by atoms with Gasteiger partial charge in [0.25, 0.3) is 6.47 Å². The zero-order chi connectivity index (χ0) is 10.8. The Morgan fingerprint density at radius 1 is 1.64 bits per heavy atom. The first kappa shape index (κ1) is 13.6. The summed E-state index contributed by atoms with van der Waals surface area (Å²) in [5.74, 6) is 1.08. The minimum atomic E-state index is -0.482. The standard InChI is InChI=1S/C7H14N2O3S2/c1-9-7(11)6(8)4-14-13-3-2-12-5-10/h5-6H,2-4,8H2,1H3,(H,9,11). The van der Waals surface area contributed by atoms with Crippen molar-refractivity contribution in [3.05, 3.63) is 0 Å². The highest BCUT2D eigenvalue weighted by molar-refractivity contribution is 8.76. The third kappa shape index (κ3) is 7.05. The molecule has 82 valence electrons. The quantitative estimate of drug-likeness (QED) is 0.341. The summed E-state index contributed by atoms with van der Waals surface area (Å²) in [6, 6.07) is -0.482. The maximum absolute atomic E-state index is 10.9. The van der Waals surface area contributed by atoms with Crippen molar-refractivity contribution < 1.29 is 14.3 Å². The minimum absolute atomic E-state index is 0.165. The van der Waals surface area contributed by atoms with Crippen LogP contribution in [-0.4, -0.2) is 43.6 Å². The van der Waals surface area contributed by atoms with Crippen molar-refractivity contribution in [2.45, 2.75) is 6.04 Å². The summed E-state index contributed by atoms with van der Waals surface area (Å²) in [5.41, 5.74) is 5.54. The number of likely N-dealkylation sites (N-methyl/N-ethyl adjacent to an activating group) is 1. The molecule has 0 spiro atoms. The second-order valence-corrected chi connectivity index (χ2v) is 4.92. The van der Waals surface area contributed by atoms with E-state index in [0.29, 0.717) is 24.6 Å². The molecular formula is C7H14N2O3S2. The van der Waals surface area contributed by atoms with E-state index in [1.54, 1.807) is 7.05 Å². The van der Waals surface area contributed by atoms with Gasteiger partial charge in [0.15, 0.2) is 0 Å². The highest BCUT2D eigenvalue weighted by Crippen LogP contribution is 2.20. The predicted molar refractivity (Wildman–Crippen MR) is 59.0 cm³/mol. The number of amides is 1. The largest absolute Gasteiger partial charge is 0.467 e. The molecule has 1 atom stereocenters. The average molecular weight is 238 g/mol. The average Bonchev–Trinajstić information content (AvgIpc) is 2.21. The van der Waals surface area contributed by atoms with Gasteiger partial charge in [-0.25, -0.2) is 0 Å². The molecule has 7 heteroatoms. The van der Waals surface area contributed by atoms with Crippen LogP contribution in [0.4, 0.5) is 0 Å². The van der Waals surface area contributed by atoms with Crippen LogP contribution in [0.5, 0.6) is 0 Å². The molecule has 0 aliphatic heterocycles. The highest BCUT2D eigenvalue weighted by Gasteiger charge is 2.10. The summed E-state index contributed by atoms with van der Waals surface area (Å²) in [7, 11) is 4.57. The Labute approximate surface area is 90.9 Å². The summed E-state index contributed by atoms with van der Waals surface area (Å²) < 4.78 is 4.48. The van der Waals surface area contributed by atoms with Crippen LogP contribution in [0.15, 0.2) is 0 Å². The number of rotatable bonds is 8. The summed E-state index contributed by atoms with van der Waals surface area (Å²) in [5, 5.41) is 2.47. The van der Waals surface area contributed by atoms with E-state index < -0.39 is 6.04 Å². The van der Waals surface area contributed by atoms with Crippen molar-refractivity contribution in [3.8, 4) is 0 Å². The van der Waals surface area contributed by atoms with Crippen molar-refractivity contribution in [1.82, 2.24) is 5.32 Å². The first-order valence-electron chi connectivity index (χ1n) is 3.99. The summed E-state index contributed by atoms with van der Waals surface area (Å²) in [4.78, 5) is 20.7. The fraction of sp³-hybridized carbons (Fsp3) is 0.714. The topological polar surface area (TPSA) is 81.4 Å². The van der Waals surface area contributed by atoms with Crippen LogP contribution in [0.3, 0.4) is 0 Å². The molecule has 0 aliphatic carbocycles. The molecular weight excluding hydrogens is 224 g/mol. The summed E-state index contributed by atoms with van der Waals surface area (Å²) in [6.07, 6.45) is 0. The number of ether oxygens (including phenoxy) is 1. The Morgan fingerprint density at radius 2 is 2.36 bits per heavy atom. The molecule has 0 radical (unpaired) electrons. The first-order chi connectivity index (χ1) is 6.72. The molecule has 1 amide bonds. The molecule has 0 heterocycles. The number of hydrogen-bond acceptors (Lipinski definition) is 6. The fourth-order valence-electron chi connectivity index (χ4n) is 0.572. The molecule has 0 bridgehead atoms. The molecule has 0 aromatic rings. The van der Waals surface area contributed by atoms with Crippen LogP contribution in [0, 0.1) is 0 Å². The molecule has 1 unspecified atom stereocenters. The lowest BCUT2D eigenvalue weighted by atomic mass is 10.3. The van der Waals surface area contributed by atoms with Crippen LogP contribution in [0.1, 0.15) is 0 Å². The maximum atomic E-state index is 10.9. The number of carbonyl (C=O) groups is 2. The fourth-order valence-corrected chi connectivity index (χ4v) is 2.53. The number of carbonyl (C=O) groups excluding carboxylic acids is 2. The van der Waals surface area contributed by atoms with Crippen molar-refractivity contribution in [1.29, 1.82) is 0 Å². The van der Waals surface area contributed by atoms with Gasteiger partial charge < -0.3 is 15.8 Å². The van der Waals surface area contributed by atoms with Gasteiger partial charge in [0.1, 0.15) is 6.61 Å². The normalized spacial score (nSPS) is 11.9. The lowest BCUT2D eigenvalue weighted by Gasteiger charge is -2.08. The van der Waals surface area contributed by atoms with E-state index >= 15 is 0 Å². The molecule has 0 aromatic heterocycles. The molecule has 0 rings (SSSR count). The van der Waals surface area contributed by atoms with Crippen molar-refractivity contribution in [3.63, 3.8) is 0 Å². The van der Waals surface area contributed by atoms with Crippen LogP contribution in [0.25, 0.3) is 0 Å². The van der Waals surface area contributed by atoms with Crippen molar-refractivity contribution in [2.24, 2.45) is 5.73 Å². The Balaban J connectivity index is 3.27. The zero-order valence-electron chi connectivity index (χ0n) is 7.89. The summed E-state index contributed by atoms with van der Waals surface area (Å²) in [6.45, 7) is 0.803. The van der Waals surface area contributed by atoms with Crippen molar-refractivity contribution in [2.75, 3.05) is 25.2 Å². The van der Waals surface area contributed by atoms with E-state index in [-0.39, 0.29) is 5.91 Å². The molecule has 3 N–H and O–H groups in total. The Bertz CT molecular complexity index is 180. The van der Waals surface area contributed by atoms with Crippen LogP contribution in [0.2, 0.25) is 0 Å². The second kappa shape index (κ2) is 9.17. The van der Waals surface area contributed by atoms with Crippen molar-refractivity contribution >= 4 is 34.0 Å². The molecule has 14 heavy (non-hydrogen) atoms. The third-order valence-corrected chi connectivity index (χ3v) is 3.67. The Morgan fingerprint density at radius 3 is 2.93 bits per heavy atom. The van der Waals surface area contributed by atoms with E-state index in [2.05, 4.69) is 10.1 Å². The maximum Gasteiger partial charge on any atom is 0.293 e. The van der Waals surface area contributed by atoms with Gasteiger partial charge in [-0.1, -0.05) is 21.6 Å². The van der Waals surface area contributed by atoms with E-state index in [0.717, 1.165) is 0 Å². The lowest BCUT2D eigenvalue weighted by molar-refractivity contribution is -0.128.